The monoisotopic (exact) mass is 287 g/mol. The van der Waals surface area contributed by atoms with Crippen LogP contribution >= 0.6 is 0 Å². The van der Waals surface area contributed by atoms with E-state index in [0.29, 0.717) is 12.3 Å². The van der Waals surface area contributed by atoms with Crippen molar-refractivity contribution in [2.24, 2.45) is 5.73 Å². The lowest BCUT2D eigenvalue weighted by Gasteiger charge is -2.49. The predicted octanol–water partition coefficient (Wildman–Crippen LogP) is -0.327. The molecule has 1 aliphatic carbocycles. The van der Waals surface area contributed by atoms with Crippen LogP contribution in [0.25, 0.3) is 0 Å². The highest BCUT2D eigenvalue weighted by molar-refractivity contribution is 7.91. The van der Waals surface area contributed by atoms with Gasteiger partial charge in [-0.15, -0.1) is 0 Å². The highest BCUT2D eigenvalue weighted by Gasteiger charge is 2.44. The molecule has 1 saturated carbocycles. The molecule has 2 heterocycles. The molecule has 0 radical (unpaired) electrons. The third-order valence-corrected chi connectivity index (χ3v) is 6.90. The second-order valence-electron chi connectivity index (χ2n) is 6.38. The number of hydrogen-bond donors (Lipinski definition) is 1. The third-order valence-electron chi connectivity index (χ3n) is 5.01. The lowest BCUT2D eigenvalue weighted by atomic mass is 9.92. The summed E-state index contributed by atoms with van der Waals surface area (Å²) in [5, 5.41) is 0. The van der Waals surface area contributed by atoms with Gasteiger partial charge in [-0.1, -0.05) is 0 Å². The molecular weight excluding hydrogens is 262 g/mol. The summed E-state index contributed by atoms with van der Waals surface area (Å²) in [6.07, 6.45) is 4.39. The van der Waals surface area contributed by atoms with E-state index < -0.39 is 9.84 Å². The Morgan fingerprint density at radius 2 is 1.84 bits per heavy atom. The summed E-state index contributed by atoms with van der Waals surface area (Å²) in [4.78, 5) is 4.92. The first-order valence-corrected chi connectivity index (χ1v) is 9.26. The first-order valence-electron chi connectivity index (χ1n) is 7.44. The van der Waals surface area contributed by atoms with Crippen LogP contribution in [-0.2, 0) is 9.84 Å². The Morgan fingerprint density at radius 1 is 1.16 bits per heavy atom. The van der Waals surface area contributed by atoms with Crippen LogP contribution in [0.2, 0.25) is 0 Å². The zero-order valence-corrected chi connectivity index (χ0v) is 12.4. The number of piperazine rings is 1. The number of sulfone groups is 1. The SMILES string of the molecule is NCC1(N2CCN(C3CC3)CC2)CCCS(=O)(=O)C1. The molecule has 3 rings (SSSR count). The highest BCUT2D eigenvalue weighted by atomic mass is 32.2. The third kappa shape index (κ3) is 2.82. The molecule has 19 heavy (non-hydrogen) atoms. The van der Waals surface area contributed by atoms with E-state index in [-0.39, 0.29) is 11.3 Å². The van der Waals surface area contributed by atoms with Gasteiger partial charge in [-0.05, 0) is 25.7 Å². The summed E-state index contributed by atoms with van der Waals surface area (Å²) in [5.74, 6) is 0.608. The summed E-state index contributed by atoms with van der Waals surface area (Å²) >= 11 is 0. The standard InChI is InChI=1S/C13H25N3O2S/c14-10-13(4-1-9-19(17,18)11-13)16-7-5-15(6-8-16)12-2-3-12/h12H,1-11,14H2. The van der Waals surface area contributed by atoms with Crippen molar-refractivity contribution >= 4 is 9.84 Å². The van der Waals surface area contributed by atoms with Crippen molar-refractivity contribution in [1.82, 2.24) is 9.80 Å². The van der Waals surface area contributed by atoms with Gasteiger partial charge in [0.25, 0.3) is 0 Å². The molecule has 1 unspecified atom stereocenters. The predicted molar refractivity (Wildman–Crippen MR) is 75.8 cm³/mol. The zero-order valence-electron chi connectivity index (χ0n) is 11.6. The van der Waals surface area contributed by atoms with E-state index in [1.54, 1.807) is 0 Å². The summed E-state index contributed by atoms with van der Waals surface area (Å²) in [6.45, 7) is 4.57. The molecule has 110 valence electrons. The van der Waals surface area contributed by atoms with Gasteiger partial charge < -0.3 is 5.73 Å². The van der Waals surface area contributed by atoms with Crippen LogP contribution in [0.1, 0.15) is 25.7 Å². The maximum Gasteiger partial charge on any atom is 0.152 e. The van der Waals surface area contributed by atoms with E-state index in [2.05, 4.69) is 9.80 Å². The summed E-state index contributed by atoms with van der Waals surface area (Å²) in [7, 11) is -2.90. The van der Waals surface area contributed by atoms with Gasteiger partial charge in [0.15, 0.2) is 9.84 Å². The van der Waals surface area contributed by atoms with Crippen molar-refractivity contribution in [2.45, 2.75) is 37.3 Å². The van der Waals surface area contributed by atoms with Crippen molar-refractivity contribution in [3.8, 4) is 0 Å². The zero-order chi connectivity index (χ0) is 13.5. The average molecular weight is 287 g/mol. The van der Waals surface area contributed by atoms with Gasteiger partial charge in [0.1, 0.15) is 0 Å². The summed E-state index contributed by atoms with van der Waals surface area (Å²) in [5.41, 5.74) is 5.69. The van der Waals surface area contributed by atoms with E-state index in [9.17, 15) is 8.42 Å². The van der Waals surface area contributed by atoms with Crippen molar-refractivity contribution < 1.29 is 8.42 Å². The largest absolute Gasteiger partial charge is 0.329 e. The smallest absolute Gasteiger partial charge is 0.152 e. The van der Waals surface area contributed by atoms with E-state index in [1.165, 1.54) is 12.8 Å². The van der Waals surface area contributed by atoms with Gasteiger partial charge >= 0.3 is 0 Å². The molecule has 0 aromatic heterocycles. The van der Waals surface area contributed by atoms with Crippen molar-refractivity contribution in [1.29, 1.82) is 0 Å². The molecule has 6 heteroatoms. The summed E-state index contributed by atoms with van der Waals surface area (Å²) in [6, 6.07) is 0.811. The Balaban J connectivity index is 1.68. The average Bonchev–Trinajstić information content (AvgIpc) is 3.22. The van der Waals surface area contributed by atoms with Crippen LogP contribution in [0.5, 0.6) is 0 Å². The molecule has 3 aliphatic rings. The topological polar surface area (TPSA) is 66.6 Å². The van der Waals surface area contributed by atoms with Crippen LogP contribution < -0.4 is 5.73 Å². The first kappa shape index (κ1) is 13.8. The second-order valence-corrected chi connectivity index (χ2v) is 8.56. The minimum Gasteiger partial charge on any atom is -0.329 e. The fraction of sp³-hybridized carbons (Fsp3) is 1.00. The van der Waals surface area contributed by atoms with E-state index >= 15 is 0 Å². The maximum atomic E-state index is 12.0. The van der Waals surface area contributed by atoms with Crippen LogP contribution in [0, 0.1) is 0 Å². The van der Waals surface area contributed by atoms with E-state index in [0.717, 1.165) is 45.1 Å². The molecule has 5 nitrogen and oxygen atoms in total. The number of rotatable bonds is 3. The normalized spacial score (nSPS) is 37.3. The fourth-order valence-electron chi connectivity index (χ4n) is 3.72. The van der Waals surface area contributed by atoms with Crippen LogP contribution in [0.4, 0.5) is 0 Å². The Labute approximate surface area is 116 Å². The fourth-order valence-corrected chi connectivity index (χ4v) is 5.71. The molecule has 0 amide bonds. The highest BCUT2D eigenvalue weighted by Crippen LogP contribution is 2.32. The Morgan fingerprint density at radius 3 is 2.37 bits per heavy atom. The lowest BCUT2D eigenvalue weighted by molar-refractivity contribution is 0.0380. The Kier molecular flexibility index (Phi) is 3.62. The number of nitrogens with zero attached hydrogens (tertiary/aromatic N) is 2. The quantitative estimate of drug-likeness (QED) is 0.770. The van der Waals surface area contributed by atoms with E-state index in [4.69, 9.17) is 5.73 Å². The van der Waals surface area contributed by atoms with Crippen molar-refractivity contribution in [3.63, 3.8) is 0 Å². The second kappa shape index (κ2) is 4.98. The summed E-state index contributed by atoms with van der Waals surface area (Å²) < 4.78 is 23.9. The lowest BCUT2D eigenvalue weighted by Crippen LogP contribution is -2.64. The molecule has 0 aromatic carbocycles. The molecule has 2 N–H and O–H groups in total. The Hall–Kier alpha value is -0.170. The van der Waals surface area contributed by atoms with Gasteiger partial charge in [0, 0.05) is 44.3 Å². The van der Waals surface area contributed by atoms with Crippen LogP contribution in [-0.4, -0.2) is 74.0 Å². The minimum absolute atomic E-state index is 0.264. The Bertz CT molecular complexity index is 427. The van der Waals surface area contributed by atoms with Gasteiger partial charge in [-0.25, -0.2) is 8.42 Å². The molecule has 2 saturated heterocycles. The van der Waals surface area contributed by atoms with Crippen LogP contribution in [0.3, 0.4) is 0 Å². The molecule has 0 spiro atoms. The molecule has 1 atom stereocenters. The molecule has 3 fully saturated rings. The molecule has 2 aliphatic heterocycles. The number of hydrogen-bond acceptors (Lipinski definition) is 5. The molecular formula is C13H25N3O2S. The molecule has 0 aromatic rings. The van der Waals surface area contributed by atoms with Gasteiger partial charge in [-0.3, -0.25) is 9.80 Å². The number of nitrogens with two attached hydrogens (primary N) is 1. The van der Waals surface area contributed by atoms with Crippen LogP contribution in [0.15, 0.2) is 0 Å². The maximum absolute atomic E-state index is 12.0. The van der Waals surface area contributed by atoms with Gasteiger partial charge in [0.2, 0.25) is 0 Å². The van der Waals surface area contributed by atoms with Crippen molar-refractivity contribution in [3.05, 3.63) is 0 Å². The first-order chi connectivity index (χ1) is 9.05. The van der Waals surface area contributed by atoms with Gasteiger partial charge in [0.05, 0.1) is 11.5 Å². The molecule has 0 bridgehead atoms. The minimum atomic E-state index is -2.90. The van der Waals surface area contributed by atoms with E-state index in [1.807, 2.05) is 0 Å². The van der Waals surface area contributed by atoms with Gasteiger partial charge in [-0.2, -0.15) is 0 Å². The van der Waals surface area contributed by atoms with Crippen molar-refractivity contribution in [2.75, 3.05) is 44.2 Å².